The number of nitrogens with one attached hydrogen (secondary N) is 1. The van der Waals surface area contributed by atoms with Crippen LogP contribution in [-0.4, -0.2) is 45.0 Å². The summed E-state index contributed by atoms with van der Waals surface area (Å²) in [5.41, 5.74) is 2.25. The van der Waals surface area contributed by atoms with Crippen LogP contribution < -0.4 is 10.1 Å². The van der Waals surface area contributed by atoms with Crippen LogP contribution in [0.2, 0.25) is 0 Å². The Morgan fingerprint density at radius 2 is 2.00 bits per heavy atom. The molecule has 7 nitrogen and oxygen atoms in total. The number of nitrogens with zero attached hydrogens (tertiary/aromatic N) is 5. The van der Waals surface area contributed by atoms with Crippen molar-refractivity contribution in [2.24, 2.45) is 0 Å². The Labute approximate surface area is 155 Å². The van der Waals surface area contributed by atoms with Crippen LogP contribution in [0.3, 0.4) is 0 Å². The van der Waals surface area contributed by atoms with Gasteiger partial charge in [-0.25, -0.2) is 9.97 Å². The van der Waals surface area contributed by atoms with E-state index in [9.17, 15) is 4.48 Å². The van der Waals surface area contributed by atoms with Crippen molar-refractivity contribution in [3.05, 3.63) is 48.5 Å². The first kappa shape index (κ1) is 17.2. The number of para-hydroxylation sites is 1. The van der Waals surface area contributed by atoms with Crippen molar-refractivity contribution in [3.63, 3.8) is 0 Å². The fourth-order valence-corrected chi connectivity index (χ4v) is 2.86. The smallest absolute Gasteiger partial charge is 0.227 e. The van der Waals surface area contributed by atoms with E-state index < -0.39 is 0 Å². The molecule has 0 bridgehead atoms. The molecule has 0 saturated heterocycles. The fourth-order valence-electron chi connectivity index (χ4n) is 2.86. The molecule has 0 spiro atoms. The van der Waals surface area contributed by atoms with E-state index in [0.717, 1.165) is 22.2 Å². The quantitative estimate of drug-likeness (QED) is 0.416. The van der Waals surface area contributed by atoms with Crippen molar-refractivity contribution in [1.29, 1.82) is 0 Å². The Bertz CT molecular complexity index is 1090. The molecule has 4 aromatic rings. The Balaban J connectivity index is 1.87. The predicted molar refractivity (Wildman–Crippen MR) is 102 cm³/mol. The van der Waals surface area contributed by atoms with Gasteiger partial charge in [-0.1, -0.05) is 24.3 Å². The van der Waals surface area contributed by atoms with Gasteiger partial charge in [0, 0.05) is 18.0 Å². The summed E-state index contributed by atoms with van der Waals surface area (Å²) < 4.78 is 20.3. The molecule has 4 rings (SSSR count). The summed E-state index contributed by atoms with van der Waals surface area (Å²) in [7, 11) is 1.33. The van der Waals surface area contributed by atoms with Gasteiger partial charge in [0.25, 0.3) is 0 Å². The lowest BCUT2D eigenvalue weighted by Crippen LogP contribution is -2.19. The molecule has 0 atom stereocenters. The van der Waals surface area contributed by atoms with Crippen molar-refractivity contribution in [1.82, 2.24) is 24.7 Å². The summed E-state index contributed by atoms with van der Waals surface area (Å²) in [5, 5.41) is 8.95. The van der Waals surface area contributed by atoms with E-state index in [1.54, 1.807) is 4.52 Å². The van der Waals surface area contributed by atoms with Gasteiger partial charge in [-0.3, -0.25) is 0 Å². The molecule has 2 aromatic carbocycles. The Morgan fingerprint density at radius 3 is 2.81 bits per heavy atom. The lowest BCUT2D eigenvalue weighted by Gasteiger charge is -2.10. The van der Waals surface area contributed by atoms with Crippen LogP contribution in [0.4, 0.5) is 10.4 Å². The van der Waals surface area contributed by atoms with Crippen LogP contribution in [0.15, 0.2) is 48.5 Å². The van der Waals surface area contributed by atoms with Crippen molar-refractivity contribution in [2.45, 2.75) is 6.92 Å². The molecule has 1 N–H and O–H groups in total. The van der Waals surface area contributed by atoms with Crippen molar-refractivity contribution < 1.29 is 9.22 Å². The molecule has 0 saturated carbocycles. The van der Waals surface area contributed by atoms with Gasteiger partial charge in [0.15, 0.2) is 11.5 Å². The van der Waals surface area contributed by atoms with E-state index in [2.05, 4.69) is 15.4 Å². The zero-order valence-corrected chi connectivity index (χ0v) is 15.1. The Morgan fingerprint density at radius 1 is 1.15 bits per heavy atom. The molecule has 2 aromatic heterocycles. The molecule has 0 aliphatic rings. The monoisotopic (exact) mass is 366 g/mol. The number of ether oxygens (including phenoxy) is 1. The normalized spacial score (nSPS) is 11.4. The average molecular weight is 366 g/mol. The largest absolute Gasteiger partial charge is 0.494 e. The highest BCUT2D eigenvalue weighted by atomic mass is 19.2. The molecule has 8 heteroatoms. The van der Waals surface area contributed by atoms with E-state index in [1.165, 1.54) is 7.05 Å². The number of benzene rings is 2. The van der Waals surface area contributed by atoms with Crippen LogP contribution in [0.1, 0.15) is 6.92 Å². The molecular formula is C19H19FN6O. The van der Waals surface area contributed by atoms with Crippen LogP contribution in [0, 0.1) is 0 Å². The number of hydrogen-bond donors (Lipinski definition) is 1. The zero-order chi connectivity index (χ0) is 18.8. The van der Waals surface area contributed by atoms with E-state index in [0.29, 0.717) is 29.1 Å². The third kappa shape index (κ3) is 3.39. The minimum absolute atomic E-state index is 0.0184. The fraction of sp³-hybridized carbons (Fsp3) is 0.211. The molecule has 27 heavy (non-hydrogen) atoms. The SMILES string of the molecule is CCOc1cccc(-c2nc3c4ccccc4nc(NCN(C)F)n3n2)c1. The summed E-state index contributed by atoms with van der Waals surface area (Å²) in [4.78, 5) is 9.27. The molecule has 0 fully saturated rings. The van der Waals surface area contributed by atoms with E-state index in [-0.39, 0.29) is 6.67 Å². The molecular weight excluding hydrogens is 347 g/mol. The van der Waals surface area contributed by atoms with Crippen LogP contribution in [-0.2, 0) is 0 Å². The van der Waals surface area contributed by atoms with Gasteiger partial charge in [0.2, 0.25) is 5.95 Å². The molecule has 0 aliphatic carbocycles. The number of aromatic nitrogens is 4. The first-order chi connectivity index (χ1) is 13.2. The van der Waals surface area contributed by atoms with Gasteiger partial charge in [0.05, 0.1) is 18.8 Å². The van der Waals surface area contributed by atoms with E-state index in [4.69, 9.17) is 9.72 Å². The maximum Gasteiger partial charge on any atom is 0.227 e. The maximum absolute atomic E-state index is 13.2. The topological polar surface area (TPSA) is 67.6 Å². The lowest BCUT2D eigenvalue weighted by atomic mass is 10.2. The molecule has 2 heterocycles. The first-order valence-corrected chi connectivity index (χ1v) is 8.65. The van der Waals surface area contributed by atoms with E-state index >= 15 is 0 Å². The number of hydrogen-bond acceptors (Lipinski definition) is 6. The second-order valence-corrected chi connectivity index (χ2v) is 6.02. The molecule has 0 aliphatic heterocycles. The summed E-state index contributed by atoms with van der Waals surface area (Å²) in [6.07, 6.45) is 0. The second-order valence-electron chi connectivity index (χ2n) is 6.02. The number of anilines is 1. The van der Waals surface area contributed by atoms with Gasteiger partial charge in [-0.15, -0.1) is 14.7 Å². The minimum atomic E-state index is -0.0184. The summed E-state index contributed by atoms with van der Waals surface area (Å²) in [5.74, 6) is 1.73. The van der Waals surface area contributed by atoms with Crippen LogP contribution in [0.25, 0.3) is 27.9 Å². The third-order valence-electron chi connectivity index (χ3n) is 4.04. The van der Waals surface area contributed by atoms with Gasteiger partial charge < -0.3 is 10.1 Å². The average Bonchev–Trinajstić information content (AvgIpc) is 3.12. The lowest BCUT2D eigenvalue weighted by molar-refractivity contribution is 0.0701. The molecule has 138 valence electrons. The summed E-state index contributed by atoms with van der Waals surface area (Å²) in [6.45, 7) is 2.50. The molecule has 0 radical (unpaired) electrons. The van der Waals surface area contributed by atoms with Crippen LogP contribution >= 0.6 is 0 Å². The van der Waals surface area contributed by atoms with Gasteiger partial charge in [-0.2, -0.15) is 4.52 Å². The second kappa shape index (κ2) is 7.16. The highest BCUT2D eigenvalue weighted by molar-refractivity contribution is 5.92. The summed E-state index contributed by atoms with van der Waals surface area (Å²) in [6, 6.07) is 15.3. The molecule has 0 unspecified atom stereocenters. The molecule has 0 amide bonds. The number of rotatable bonds is 6. The van der Waals surface area contributed by atoms with Crippen molar-refractivity contribution in [3.8, 4) is 17.1 Å². The van der Waals surface area contributed by atoms with Gasteiger partial charge in [-0.05, 0) is 31.2 Å². The van der Waals surface area contributed by atoms with Crippen LogP contribution in [0.5, 0.6) is 5.75 Å². The first-order valence-electron chi connectivity index (χ1n) is 8.65. The number of halogens is 1. The highest BCUT2D eigenvalue weighted by Crippen LogP contribution is 2.26. The van der Waals surface area contributed by atoms with E-state index in [1.807, 2.05) is 55.5 Å². The Kier molecular flexibility index (Phi) is 4.55. The van der Waals surface area contributed by atoms with Crippen molar-refractivity contribution >= 4 is 22.5 Å². The zero-order valence-electron chi connectivity index (χ0n) is 15.1. The van der Waals surface area contributed by atoms with Crippen molar-refractivity contribution in [2.75, 3.05) is 25.6 Å². The highest BCUT2D eigenvalue weighted by Gasteiger charge is 2.15. The Hall–Kier alpha value is -3.26. The van der Waals surface area contributed by atoms with Gasteiger partial charge >= 0.3 is 0 Å². The third-order valence-corrected chi connectivity index (χ3v) is 4.04. The maximum atomic E-state index is 13.2. The minimum Gasteiger partial charge on any atom is -0.494 e. The predicted octanol–water partition coefficient (Wildman–Crippen LogP) is 3.53. The summed E-state index contributed by atoms with van der Waals surface area (Å²) >= 11 is 0. The standard InChI is InChI=1S/C19H19FN6O/c1-3-27-14-8-6-7-13(11-14)17-23-18-15-9-4-5-10-16(15)22-19(26(18)24-17)21-12-25(2)20/h4-11H,3,12H2,1-2H3,(H,21,22). The van der Waals surface area contributed by atoms with Gasteiger partial charge in [0.1, 0.15) is 5.75 Å². The number of fused-ring (bicyclic) bond motifs is 3.